The van der Waals surface area contributed by atoms with Gasteiger partial charge in [-0.2, -0.15) is 0 Å². The second kappa shape index (κ2) is 12.3. The Kier molecular flexibility index (Phi) is 9.07. The lowest BCUT2D eigenvalue weighted by Crippen LogP contribution is -2.47. The molecule has 4 rings (SSSR count). The van der Waals surface area contributed by atoms with Crippen molar-refractivity contribution in [3.63, 3.8) is 0 Å². The minimum absolute atomic E-state index is 0.150. The van der Waals surface area contributed by atoms with E-state index in [0.717, 1.165) is 44.8 Å². The van der Waals surface area contributed by atoms with Crippen molar-refractivity contribution in [2.45, 2.75) is 82.9 Å². The van der Waals surface area contributed by atoms with Gasteiger partial charge in [0.05, 0.1) is 12.3 Å². The Labute approximate surface area is 219 Å². The summed E-state index contributed by atoms with van der Waals surface area (Å²) in [6.45, 7) is 3.25. The van der Waals surface area contributed by atoms with Crippen LogP contribution in [0.1, 0.15) is 76.7 Å². The summed E-state index contributed by atoms with van der Waals surface area (Å²) in [5.74, 6) is 0.383. The molecule has 0 spiro atoms. The highest BCUT2D eigenvalue weighted by Gasteiger charge is 2.31. The van der Waals surface area contributed by atoms with Crippen molar-refractivity contribution >= 4 is 33.0 Å². The van der Waals surface area contributed by atoms with Crippen molar-refractivity contribution in [2.24, 2.45) is 10.9 Å². The molecule has 0 bridgehead atoms. The van der Waals surface area contributed by atoms with E-state index in [1.165, 1.54) is 6.42 Å². The number of nitrogens with one attached hydrogen (secondary N) is 2. The van der Waals surface area contributed by atoms with Gasteiger partial charge in [-0.15, -0.1) is 0 Å². The quantitative estimate of drug-likeness (QED) is 0.333. The number of aliphatic hydroxyl groups excluding tert-OH is 1. The minimum atomic E-state index is -3.57. The van der Waals surface area contributed by atoms with E-state index in [4.69, 9.17) is 9.41 Å². The summed E-state index contributed by atoms with van der Waals surface area (Å²) in [6.07, 6.45) is 8.33. The topological polar surface area (TPSA) is 137 Å². The predicted octanol–water partition coefficient (Wildman–Crippen LogP) is 3.10. The first-order valence-corrected chi connectivity index (χ1v) is 15.3. The van der Waals surface area contributed by atoms with Gasteiger partial charge in [-0.25, -0.2) is 18.4 Å². The Morgan fingerprint density at radius 3 is 2.54 bits per heavy atom. The summed E-state index contributed by atoms with van der Waals surface area (Å²) in [4.78, 5) is 24.6. The van der Waals surface area contributed by atoms with E-state index in [0.29, 0.717) is 42.9 Å². The van der Waals surface area contributed by atoms with Crippen molar-refractivity contribution in [2.75, 3.05) is 19.3 Å². The number of aromatic nitrogens is 1. The Bertz CT molecular complexity index is 1150. The van der Waals surface area contributed by atoms with E-state index in [9.17, 15) is 18.3 Å². The fourth-order valence-electron chi connectivity index (χ4n) is 5.24. The number of hydrogen-bond donors (Lipinski definition) is 3. The fraction of sp³-hybridized carbons (Fsp3) is 0.654. The fourth-order valence-corrected chi connectivity index (χ4v) is 5.76. The zero-order valence-electron chi connectivity index (χ0n) is 21.7. The molecular formula is C26H39N5O5S. The molecule has 3 unspecified atom stereocenters. The number of aliphatic imine (C=N–C) groups is 1. The van der Waals surface area contributed by atoms with E-state index in [2.05, 4.69) is 15.0 Å². The molecule has 1 aromatic heterocycles. The molecule has 1 saturated carbocycles. The van der Waals surface area contributed by atoms with Gasteiger partial charge in [-0.3, -0.25) is 9.52 Å². The molecule has 37 heavy (non-hydrogen) atoms. The second-order valence-corrected chi connectivity index (χ2v) is 12.0. The number of sulfonamides is 1. The van der Waals surface area contributed by atoms with Crippen molar-refractivity contribution < 1.29 is 22.7 Å². The van der Waals surface area contributed by atoms with E-state index in [1.54, 1.807) is 12.1 Å². The molecule has 1 saturated heterocycles. The van der Waals surface area contributed by atoms with Crippen LogP contribution in [0.3, 0.4) is 0 Å². The summed E-state index contributed by atoms with van der Waals surface area (Å²) in [6, 6.07) is 5.84. The van der Waals surface area contributed by atoms with Gasteiger partial charge in [0, 0.05) is 13.1 Å². The highest BCUT2D eigenvalue weighted by molar-refractivity contribution is 7.89. The number of aliphatic hydroxyl groups is 1. The average molecular weight is 534 g/mol. The van der Waals surface area contributed by atoms with Crippen LogP contribution < -0.4 is 10.0 Å². The summed E-state index contributed by atoms with van der Waals surface area (Å²) in [5, 5.41) is 14.0. The molecule has 1 aromatic carbocycles. The summed E-state index contributed by atoms with van der Waals surface area (Å²) in [5.41, 5.74) is 1.21. The van der Waals surface area contributed by atoms with Gasteiger partial charge in [-0.05, 0) is 43.7 Å². The van der Waals surface area contributed by atoms with Crippen LogP contribution in [0.2, 0.25) is 0 Å². The highest BCUT2D eigenvalue weighted by atomic mass is 32.2. The van der Waals surface area contributed by atoms with Crippen LogP contribution in [-0.2, 0) is 14.8 Å². The smallest absolute Gasteiger partial charge is 0.245 e. The molecule has 1 amide bonds. The monoisotopic (exact) mass is 533 g/mol. The maximum absolute atomic E-state index is 13.6. The van der Waals surface area contributed by atoms with Crippen LogP contribution >= 0.6 is 0 Å². The van der Waals surface area contributed by atoms with Gasteiger partial charge in [0.1, 0.15) is 11.6 Å². The zero-order valence-corrected chi connectivity index (χ0v) is 22.5. The van der Waals surface area contributed by atoms with Crippen LogP contribution in [0, 0.1) is 5.92 Å². The number of rotatable bonds is 9. The Hall–Kier alpha value is -2.66. The lowest BCUT2D eigenvalue weighted by molar-refractivity contribution is -0.124. The Morgan fingerprint density at radius 2 is 1.89 bits per heavy atom. The number of carbonyl (C=O) groups is 1. The molecule has 10 nitrogen and oxygen atoms in total. The number of oxazole rings is 1. The molecule has 1 aliphatic heterocycles. The Morgan fingerprint density at radius 1 is 1.19 bits per heavy atom. The zero-order chi connectivity index (χ0) is 26.4. The first-order chi connectivity index (χ1) is 17.7. The first kappa shape index (κ1) is 27.4. The maximum atomic E-state index is 13.6. The molecule has 204 valence electrons. The molecule has 3 N–H and O–H groups in total. The number of para-hydroxylation sites is 2. The number of nitrogens with zero attached hydrogens (tertiary/aromatic N) is 3. The number of fused-ring (bicyclic) bond motifs is 1. The third-order valence-corrected chi connectivity index (χ3v) is 7.81. The number of guanidine groups is 1. The number of hydrogen-bond acceptors (Lipinski definition) is 7. The van der Waals surface area contributed by atoms with E-state index >= 15 is 0 Å². The molecule has 2 fully saturated rings. The van der Waals surface area contributed by atoms with Crippen molar-refractivity contribution in [1.29, 1.82) is 0 Å². The summed E-state index contributed by atoms with van der Waals surface area (Å²) < 4.78 is 32.5. The standard InChI is InChI=1S/C26H39N5O5S/c1-3-19(23(32)25-28-20-13-7-8-14-22(20)36-25)27-24(33)21(17-18-11-5-4-6-12-18)29-26(30-37(2,34)35)31-15-9-10-16-31/h7-8,13-14,18-19,21,23,32H,3-6,9-12,15-17H2,1-2H3,(H,27,33)(H,29,30). The normalized spacial score (nSPS) is 20.1. The number of likely N-dealkylation sites (tertiary alicyclic amines) is 1. The van der Waals surface area contributed by atoms with Crippen LogP contribution in [-0.4, -0.2) is 66.7 Å². The predicted molar refractivity (Wildman–Crippen MR) is 142 cm³/mol. The lowest BCUT2D eigenvalue weighted by atomic mass is 9.84. The summed E-state index contributed by atoms with van der Waals surface area (Å²) in [7, 11) is -3.57. The van der Waals surface area contributed by atoms with Gasteiger partial charge in [0.25, 0.3) is 0 Å². The van der Waals surface area contributed by atoms with E-state index in [1.807, 2.05) is 24.0 Å². The van der Waals surface area contributed by atoms with Crippen LogP contribution in [0.4, 0.5) is 0 Å². The van der Waals surface area contributed by atoms with Crippen LogP contribution in [0.15, 0.2) is 33.7 Å². The molecule has 2 aromatic rings. The summed E-state index contributed by atoms with van der Waals surface area (Å²) >= 11 is 0. The van der Waals surface area contributed by atoms with Gasteiger partial charge >= 0.3 is 0 Å². The molecule has 0 radical (unpaired) electrons. The van der Waals surface area contributed by atoms with Crippen LogP contribution in [0.5, 0.6) is 0 Å². The number of amides is 1. The van der Waals surface area contributed by atoms with Gasteiger partial charge in [-0.1, -0.05) is 51.2 Å². The van der Waals surface area contributed by atoms with Gasteiger partial charge in [0.2, 0.25) is 27.8 Å². The van der Waals surface area contributed by atoms with Crippen molar-refractivity contribution in [3.05, 3.63) is 30.2 Å². The van der Waals surface area contributed by atoms with E-state index in [-0.39, 0.29) is 17.8 Å². The van der Waals surface area contributed by atoms with Crippen molar-refractivity contribution in [1.82, 2.24) is 19.9 Å². The molecule has 1 aliphatic carbocycles. The first-order valence-electron chi connectivity index (χ1n) is 13.4. The number of carbonyl (C=O) groups excluding carboxylic acids is 1. The van der Waals surface area contributed by atoms with Crippen molar-refractivity contribution in [3.8, 4) is 0 Å². The number of benzene rings is 1. The molecule has 3 atom stereocenters. The van der Waals surface area contributed by atoms with Gasteiger partial charge in [0.15, 0.2) is 11.7 Å². The minimum Gasteiger partial charge on any atom is -0.438 e. The molecule has 2 aliphatic rings. The largest absolute Gasteiger partial charge is 0.438 e. The highest BCUT2D eigenvalue weighted by Crippen LogP contribution is 2.29. The van der Waals surface area contributed by atoms with Crippen LogP contribution in [0.25, 0.3) is 11.1 Å². The maximum Gasteiger partial charge on any atom is 0.245 e. The lowest BCUT2D eigenvalue weighted by Gasteiger charge is -2.28. The Balaban J connectivity index is 1.57. The molecule has 11 heteroatoms. The third-order valence-electron chi connectivity index (χ3n) is 7.26. The molecule has 2 heterocycles. The SMILES string of the molecule is CCC(NC(=O)C(CC1CCCCC1)N=C(NS(C)(=O)=O)N1CCCC1)C(O)c1nc2ccccc2o1. The van der Waals surface area contributed by atoms with Gasteiger partial charge < -0.3 is 19.7 Å². The van der Waals surface area contributed by atoms with E-state index < -0.39 is 28.2 Å². The third kappa shape index (κ3) is 7.44. The average Bonchev–Trinajstić information content (AvgIpc) is 3.56. The second-order valence-electron chi connectivity index (χ2n) is 10.3. The molecular weight excluding hydrogens is 494 g/mol.